The van der Waals surface area contributed by atoms with Gasteiger partial charge < -0.3 is 20.1 Å². The number of carbonyl (C=O) groups is 1. The standard InChI is InChI=1S/C43H76NO7P/c1-3-5-7-9-11-13-15-17-18-19-20-21-22-23-24-25-26-28-30-32-34-36-43(45)51-42(41-50-52(46,47)49-39-37-44)40-48-38-35-33-31-29-27-16-14-12-10-8-6-4-2/h5,7,11,13,17-18,20-21,23-24,26,28,42H,3-4,6,8-10,12,14-16,19,22,25,27,29-41,44H2,1-2H3,(H,46,47)/b7-5-,13-11-,18-17-,21-20-,24-23-,28-26-. The molecule has 0 heterocycles. The van der Waals surface area contributed by atoms with Gasteiger partial charge in [0.2, 0.25) is 0 Å². The van der Waals surface area contributed by atoms with Gasteiger partial charge in [0.05, 0.1) is 19.8 Å². The second-order valence-electron chi connectivity index (χ2n) is 13.1. The molecule has 3 N–H and O–H groups in total. The summed E-state index contributed by atoms with van der Waals surface area (Å²) in [6, 6.07) is 0. The number of phosphoric acid groups is 1. The molecule has 0 fully saturated rings. The Balaban J connectivity index is 4.17. The van der Waals surface area contributed by atoms with Crippen molar-refractivity contribution in [1.29, 1.82) is 0 Å². The molecule has 2 unspecified atom stereocenters. The Labute approximate surface area is 318 Å². The van der Waals surface area contributed by atoms with Crippen LogP contribution in [0.5, 0.6) is 0 Å². The van der Waals surface area contributed by atoms with Gasteiger partial charge in [-0.1, -0.05) is 157 Å². The van der Waals surface area contributed by atoms with Gasteiger partial charge in [0.15, 0.2) is 0 Å². The maximum Gasteiger partial charge on any atom is 0.472 e. The summed E-state index contributed by atoms with van der Waals surface area (Å²) >= 11 is 0. The van der Waals surface area contributed by atoms with Crippen molar-refractivity contribution in [3.05, 3.63) is 72.9 Å². The Hall–Kier alpha value is -2.06. The Morgan fingerprint density at radius 1 is 0.596 bits per heavy atom. The van der Waals surface area contributed by atoms with E-state index in [1.165, 1.54) is 64.2 Å². The second kappa shape index (κ2) is 40.1. The Kier molecular flexibility index (Phi) is 38.5. The number of phosphoric ester groups is 1. The molecule has 0 amide bonds. The second-order valence-corrected chi connectivity index (χ2v) is 14.6. The summed E-state index contributed by atoms with van der Waals surface area (Å²) in [5.74, 6) is -0.374. The van der Waals surface area contributed by atoms with E-state index in [0.29, 0.717) is 13.0 Å². The highest BCUT2D eigenvalue weighted by atomic mass is 31.2. The highest BCUT2D eigenvalue weighted by Gasteiger charge is 2.25. The van der Waals surface area contributed by atoms with E-state index in [9.17, 15) is 14.3 Å². The molecule has 0 spiro atoms. The van der Waals surface area contributed by atoms with Crippen molar-refractivity contribution in [2.24, 2.45) is 5.73 Å². The van der Waals surface area contributed by atoms with E-state index in [1.807, 2.05) is 0 Å². The lowest BCUT2D eigenvalue weighted by Gasteiger charge is -2.20. The highest BCUT2D eigenvalue weighted by molar-refractivity contribution is 7.47. The van der Waals surface area contributed by atoms with Crippen molar-refractivity contribution in [2.45, 2.75) is 161 Å². The van der Waals surface area contributed by atoms with Crippen molar-refractivity contribution in [1.82, 2.24) is 0 Å². The number of hydrogen-bond acceptors (Lipinski definition) is 7. The van der Waals surface area contributed by atoms with E-state index < -0.39 is 13.9 Å². The first kappa shape index (κ1) is 49.9. The molecule has 0 aliphatic carbocycles. The van der Waals surface area contributed by atoms with Gasteiger partial charge in [-0.3, -0.25) is 13.8 Å². The van der Waals surface area contributed by atoms with Crippen molar-refractivity contribution in [3.8, 4) is 0 Å². The summed E-state index contributed by atoms with van der Waals surface area (Å²) in [6.45, 7) is 4.73. The van der Waals surface area contributed by atoms with E-state index in [-0.39, 0.29) is 38.8 Å². The minimum Gasteiger partial charge on any atom is -0.457 e. The van der Waals surface area contributed by atoms with Crippen LogP contribution >= 0.6 is 7.82 Å². The van der Waals surface area contributed by atoms with E-state index in [2.05, 4.69) is 86.8 Å². The molecule has 0 bridgehead atoms. The number of unbranched alkanes of at least 4 members (excludes halogenated alkanes) is 13. The molecular weight excluding hydrogens is 673 g/mol. The molecular formula is C43H76NO7P. The first-order chi connectivity index (χ1) is 25.4. The number of nitrogens with two attached hydrogens (primary N) is 1. The van der Waals surface area contributed by atoms with Gasteiger partial charge in [-0.25, -0.2) is 4.57 Å². The number of allylic oxidation sites excluding steroid dienone is 12. The molecule has 0 aromatic carbocycles. The van der Waals surface area contributed by atoms with Crippen molar-refractivity contribution in [2.75, 3.05) is 33.0 Å². The van der Waals surface area contributed by atoms with Gasteiger partial charge in [-0.2, -0.15) is 0 Å². The van der Waals surface area contributed by atoms with Crippen LogP contribution in [-0.2, 0) is 27.9 Å². The van der Waals surface area contributed by atoms with Gasteiger partial charge in [-0.05, 0) is 64.2 Å². The summed E-state index contributed by atoms with van der Waals surface area (Å²) in [4.78, 5) is 22.4. The molecule has 0 saturated carbocycles. The van der Waals surface area contributed by atoms with Gasteiger partial charge in [-0.15, -0.1) is 0 Å². The molecule has 2 atom stereocenters. The molecule has 0 aromatic rings. The predicted molar refractivity (Wildman–Crippen MR) is 219 cm³/mol. The molecule has 0 aliphatic heterocycles. The van der Waals surface area contributed by atoms with Crippen LogP contribution in [-0.4, -0.2) is 49.9 Å². The van der Waals surface area contributed by atoms with E-state index in [1.54, 1.807) is 0 Å². The Morgan fingerprint density at radius 3 is 1.58 bits per heavy atom. The smallest absolute Gasteiger partial charge is 0.457 e. The van der Waals surface area contributed by atoms with Gasteiger partial charge in [0.1, 0.15) is 6.10 Å². The van der Waals surface area contributed by atoms with Crippen molar-refractivity contribution in [3.63, 3.8) is 0 Å². The van der Waals surface area contributed by atoms with Crippen LogP contribution in [0.4, 0.5) is 0 Å². The minimum atomic E-state index is -4.29. The normalized spacial score (nSPS) is 14.3. The fourth-order valence-electron chi connectivity index (χ4n) is 5.17. The molecule has 52 heavy (non-hydrogen) atoms. The fourth-order valence-corrected chi connectivity index (χ4v) is 5.94. The van der Waals surface area contributed by atoms with Gasteiger partial charge in [0.25, 0.3) is 0 Å². The lowest BCUT2D eigenvalue weighted by Crippen LogP contribution is -2.28. The molecule has 0 radical (unpaired) electrons. The third-order valence-electron chi connectivity index (χ3n) is 8.14. The zero-order valence-corrected chi connectivity index (χ0v) is 33.9. The third-order valence-corrected chi connectivity index (χ3v) is 9.12. The predicted octanol–water partition coefficient (Wildman–Crippen LogP) is 12.0. The van der Waals surface area contributed by atoms with Crippen LogP contribution in [0.25, 0.3) is 0 Å². The van der Waals surface area contributed by atoms with Crippen molar-refractivity contribution >= 4 is 13.8 Å². The number of esters is 1. The lowest BCUT2D eigenvalue weighted by molar-refractivity contribution is -0.154. The largest absolute Gasteiger partial charge is 0.472 e. The Bertz CT molecular complexity index is 1020. The molecule has 9 heteroatoms. The molecule has 0 rings (SSSR count). The van der Waals surface area contributed by atoms with Crippen LogP contribution < -0.4 is 5.73 Å². The van der Waals surface area contributed by atoms with Crippen LogP contribution in [0.2, 0.25) is 0 Å². The quantitative estimate of drug-likeness (QED) is 0.0277. The van der Waals surface area contributed by atoms with Crippen LogP contribution in [0.3, 0.4) is 0 Å². The van der Waals surface area contributed by atoms with E-state index in [4.69, 9.17) is 24.3 Å². The highest BCUT2D eigenvalue weighted by Crippen LogP contribution is 2.43. The maximum atomic E-state index is 12.5. The summed E-state index contributed by atoms with van der Waals surface area (Å²) in [5, 5.41) is 0. The number of rotatable bonds is 38. The van der Waals surface area contributed by atoms with Crippen LogP contribution in [0.1, 0.15) is 155 Å². The Morgan fingerprint density at radius 2 is 1.08 bits per heavy atom. The SMILES string of the molecule is CC/C=C\C/C=C\C/C=C\C/C=C\C/C=C\C/C=C\CCCCC(=O)OC(COCCCCCCCCCCCCCC)COP(=O)(O)OCCN. The van der Waals surface area contributed by atoms with E-state index in [0.717, 1.165) is 64.2 Å². The van der Waals surface area contributed by atoms with Crippen LogP contribution in [0.15, 0.2) is 72.9 Å². The van der Waals surface area contributed by atoms with Gasteiger partial charge >= 0.3 is 13.8 Å². The topological polar surface area (TPSA) is 117 Å². The monoisotopic (exact) mass is 750 g/mol. The number of hydrogen-bond donors (Lipinski definition) is 2. The molecule has 0 saturated heterocycles. The first-order valence-electron chi connectivity index (χ1n) is 20.4. The van der Waals surface area contributed by atoms with Crippen LogP contribution in [0, 0.1) is 0 Å². The zero-order chi connectivity index (χ0) is 38.1. The molecule has 300 valence electrons. The molecule has 0 aliphatic rings. The third kappa shape index (κ3) is 39.2. The average Bonchev–Trinajstić information content (AvgIpc) is 3.13. The van der Waals surface area contributed by atoms with Gasteiger partial charge in [0, 0.05) is 19.6 Å². The molecule has 0 aromatic heterocycles. The lowest BCUT2D eigenvalue weighted by atomic mass is 10.1. The fraction of sp³-hybridized carbons (Fsp3) is 0.698. The zero-order valence-electron chi connectivity index (χ0n) is 33.0. The summed E-state index contributed by atoms with van der Waals surface area (Å²) < 4.78 is 33.3. The summed E-state index contributed by atoms with van der Waals surface area (Å²) in [7, 11) is -4.29. The molecule has 8 nitrogen and oxygen atoms in total. The average molecular weight is 750 g/mol. The van der Waals surface area contributed by atoms with Crippen molar-refractivity contribution < 1.29 is 32.8 Å². The van der Waals surface area contributed by atoms with E-state index >= 15 is 0 Å². The maximum absolute atomic E-state index is 12.5. The first-order valence-corrected chi connectivity index (χ1v) is 21.9. The minimum absolute atomic E-state index is 0.0903. The summed E-state index contributed by atoms with van der Waals surface area (Å²) in [6.07, 6.45) is 49.2. The number of ether oxygens (including phenoxy) is 2. The number of carbonyl (C=O) groups excluding carboxylic acids is 1. The summed E-state index contributed by atoms with van der Waals surface area (Å²) in [5.41, 5.74) is 5.35.